The highest BCUT2D eigenvalue weighted by molar-refractivity contribution is 6.07. The van der Waals surface area contributed by atoms with Crippen LogP contribution < -0.4 is 10.6 Å². The first-order valence-electron chi connectivity index (χ1n) is 14.8. The fourth-order valence-electron chi connectivity index (χ4n) is 7.02. The van der Waals surface area contributed by atoms with Crippen LogP contribution in [0.2, 0.25) is 0 Å². The molecule has 8 nitrogen and oxygen atoms in total. The van der Waals surface area contributed by atoms with Gasteiger partial charge in [0.2, 0.25) is 11.8 Å². The van der Waals surface area contributed by atoms with Gasteiger partial charge in [0.15, 0.2) is 0 Å². The van der Waals surface area contributed by atoms with Crippen molar-refractivity contribution in [1.29, 1.82) is 0 Å². The third kappa shape index (κ3) is 5.65. The van der Waals surface area contributed by atoms with Gasteiger partial charge in [0, 0.05) is 45.0 Å². The van der Waals surface area contributed by atoms with Gasteiger partial charge in [-0.2, -0.15) is 0 Å². The zero-order valence-corrected chi connectivity index (χ0v) is 23.4. The van der Waals surface area contributed by atoms with Gasteiger partial charge in [0.25, 0.3) is 5.91 Å². The highest BCUT2D eigenvalue weighted by atomic mass is 16.5. The number of fused-ring (bicyclic) bond motifs is 1. The molecule has 4 aliphatic heterocycles. The quantitative estimate of drug-likeness (QED) is 0.512. The Morgan fingerprint density at radius 1 is 0.975 bits per heavy atom. The lowest BCUT2D eigenvalue weighted by Crippen LogP contribution is -2.52. The van der Waals surface area contributed by atoms with E-state index in [0.717, 1.165) is 42.8 Å². The van der Waals surface area contributed by atoms with E-state index >= 15 is 0 Å². The number of benzene rings is 2. The SMILES string of the molecule is Cc1cc(CNc2cccc3c2C(=O)N(C2CCC(=O)NC2=O)C3)ccc1CN1CCC(C2CCOCC2)CC1. The van der Waals surface area contributed by atoms with Gasteiger partial charge < -0.3 is 15.0 Å². The van der Waals surface area contributed by atoms with Crippen molar-refractivity contribution in [2.24, 2.45) is 11.8 Å². The molecule has 8 heteroatoms. The van der Waals surface area contributed by atoms with Gasteiger partial charge in [0.05, 0.1) is 5.56 Å². The molecular weight excluding hydrogens is 504 g/mol. The first-order chi connectivity index (χ1) is 19.5. The third-order valence-corrected chi connectivity index (χ3v) is 9.40. The number of ether oxygens (including phenoxy) is 1. The van der Waals surface area contributed by atoms with Crippen LogP contribution in [0.15, 0.2) is 36.4 Å². The molecule has 0 spiro atoms. The Balaban J connectivity index is 1.05. The number of hydrogen-bond donors (Lipinski definition) is 2. The highest BCUT2D eigenvalue weighted by Crippen LogP contribution is 2.34. The van der Waals surface area contributed by atoms with Crippen LogP contribution in [-0.4, -0.2) is 59.9 Å². The molecule has 0 radical (unpaired) electrons. The maximum absolute atomic E-state index is 13.4. The predicted octanol–water partition coefficient (Wildman–Crippen LogP) is 4.01. The second kappa shape index (κ2) is 11.7. The Bertz CT molecular complexity index is 1280. The Hall–Kier alpha value is -3.23. The molecule has 2 aromatic rings. The molecule has 4 aliphatic rings. The summed E-state index contributed by atoms with van der Waals surface area (Å²) in [6.07, 6.45) is 5.69. The standard InChI is InChI=1S/C32H40N4O4/c1-21-17-22(5-6-25(21)19-35-13-9-23(10-14-35)24-11-15-40-16-12-24)18-33-27-4-2-3-26-20-36(32(39)30(26)27)28-7-8-29(37)34-31(28)38/h2-6,17,23-24,28,33H,7-16,18-20H2,1H3,(H,34,37,38). The van der Waals surface area contributed by atoms with Gasteiger partial charge in [0.1, 0.15) is 6.04 Å². The lowest BCUT2D eigenvalue weighted by atomic mass is 9.80. The summed E-state index contributed by atoms with van der Waals surface area (Å²) in [5, 5.41) is 5.85. The molecule has 4 heterocycles. The van der Waals surface area contributed by atoms with E-state index < -0.39 is 6.04 Å². The van der Waals surface area contributed by atoms with Crippen LogP contribution in [0.1, 0.15) is 71.1 Å². The number of aryl methyl sites for hydroxylation is 1. The van der Waals surface area contributed by atoms with E-state index in [2.05, 4.69) is 40.7 Å². The summed E-state index contributed by atoms with van der Waals surface area (Å²) in [6.45, 7) is 8.41. The van der Waals surface area contributed by atoms with Crippen molar-refractivity contribution in [1.82, 2.24) is 15.1 Å². The molecule has 2 aromatic carbocycles. The molecule has 3 fully saturated rings. The molecule has 1 unspecified atom stereocenters. The molecule has 40 heavy (non-hydrogen) atoms. The summed E-state index contributed by atoms with van der Waals surface area (Å²) in [6, 6.07) is 11.9. The van der Waals surface area contributed by atoms with Crippen molar-refractivity contribution in [2.45, 2.75) is 71.1 Å². The van der Waals surface area contributed by atoms with Crippen molar-refractivity contribution >= 4 is 23.4 Å². The number of piperidine rings is 2. The molecule has 2 N–H and O–H groups in total. The van der Waals surface area contributed by atoms with Crippen LogP contribution in [0.3, 0.4) is 0 Å². The number of carbonyl (C=O) groups is 3. The summed E-state index contributed by atoms with van der Waals surface area (Å²) in [5.74, 6) is 0.901. The van der Waals surface area contributed by atoms with Gasteiger partial charge >= 0.3 is 0 Å². The Labute approximate surface area is 236 Å². The topological polar surface area (TPSA) is 91.0 Å². The average molecular weight is 545 g/mol. The molecule has 3 amide bonds. The number of nitrogens with one attached hydrogen (secondary N) is 2. The monoisotopic (exact) mass is 544 g/mol. The van der Waals surface area contributed by atoms with Crippen LogP contribution in [0.4, 0.5) is 5.69 Å². The third-order valence-electron chi connectivity index (χ3n) is 9.40. The number of amides is 3. The molecule has 212 valence electrons. The van der Waals surface area contributed by atoms with Gasteiger partial charge in [-0.15, -0.1) is 0 Å². The molecule has 1 atom stereocenters. The highest BCUT2D eigenvalue weighted by Gasteiger charge is 2.40. The molecule has 0 saturated carbocycles. The van der Waals surface area contributed by atoms with Crippen molar-refractivity contribution in [3.8, 4) is 0 Å². The fourth-order valence-corrected chi connectivity index (χ4v) is 7.02. The molecule has 3 saturated heterocycles. The van der Waals surface area contributed by atoms with Crippen LogP contribution in [0.25, 0.3) is 0 Å². The van der Waals surface area contributed by atoms with Crippen LogP contribution in [-0.2, 0) is 34.0 Å². The second-order valence-electron chi connectivity index (χ2n) is 11.9. The summed E-state index contributed by atoms with van der Waals surface area (Å²) < 4.78 is 5.56. The Morgan fingerprint density at radius 2 is 1.75 bits per heavy atom. The minimum Gasteiger partial charge on any atom is -0.381 e. The number of rotatable bonds is 7. The maximum atomic E-state index is 13.4. The smallest absolute Gasteiger partial charge is 0.257 e. The van der Waals surface area contributed by atoms with E-state index in [1.807, 2.05) is 18.2 Å². The number of imide groups is 1. The number of likely N-dealkylation sites (tertiary alicyclic amines) is 1. The Morgan fingerprint density at radius 3 is 2.50 bits per heavy atom. The average Bonchev–Trinajstić information content (AvgIpc) is 3.30. The van der Waals surface area contributed by atoms with Crippen molar-refractivity contribution in [2.75, 3.05) is 31.6 Å². The minimum atomic E-state index is -0.603. The van der Waals surface area contributed by atoms with Gasteiger partial charge in [-0.1, -0.05) is 30.3 Å². The van der Waals surface area contributed by atoms with E-state index in [1.54, 1.807) is 4.90 Å². The molecule has 6 rings (SSSR count). The summed E-state index contributed by atoms with van der Waals surface area (Å²) in [7, 11) is 0. The minimum absolute atomic E-state index is 0.153. The predicted molar refractivity (Wildman–Crippen MR) is 153 cm³/mol. The lowest BCUT2D eigenvalue weighted by Gasteiger charge is -2.37. The molecule has 0 bridgehead atoms. The van der Waals surface area contributed by atoms with Crippen molar-refractivity contribution in [3.05, 3.63) is 64.2 Å². The van der Waals surface area contributed by atoms with Crippen LogP contribution in [0.5, 0.6) is 0 Å². The number of carbonyl (C=O) groups excluding carboxylic acids is 3. The zero-order valence-electron chi connectivity index (χ0n) is 23.4. The van der Waals surface area contributed by atoms with E-state index in [9.17, 15) is 14.4 Å². The molecular formula is C32H40N4O4. The maximum Gasteiger partial charge on any atom is 0.257 e. The van der Waals surface area contributed by atoms with Gasteiger partial charge in [-0.05, 0) is 92.3 Å². The molecule has 0 aliphatic carbocycles. The van der Waals surface area contributed by atoms with Gasteiger partial charge in [-0.3, -0.25) is 24.6 Å². The largest absolute Gasteiger partial charge is 0.381 e. The summed E-state index contributed by atoms with van der Waals surface area (Å²) in [5.41, 5.74) is 6.17. The van der Waals surface area contributed by atoms with Crippen molar-refractivity contribution in [3.63, 3.8) is 0 Å². The zero-order chi connectivity index (χ0) is 27.6. The van der Waals surface area contributed by atoms with Crippen molar-refractivity contribution < 1.29 is 19.1 Å². The molecule has 0 aromatic heterocycles. The second-order valence-corrected chi connectivity index (χ2v) is 11.9. The first-order valence-corrected chi connectivity index (χ1v) is 14.8. The van der Waals surface area contributed by atoms with E-state index in [0.29, 0.717) is 25.1 Å². The summed E-state index contributed by atoms with van der Waals surface area (Å²) >= 11 is 0. The number of hydrogen-bond acceptors (Lipinski definition) is 6. The summed E-state index contributed by atoms with van der Waals surface area (Å²) in [4.78, 5) is 41.5. The number of nitrogens with zero attached hydrogens (tertiary/aromatic N) is 2. The van der Waals surface area contributed by atoms with E-state index in [-0.39, 0.29) is 24.1 Å². The van der Waals surface area contributed by atoms with Crippen LogP contribution >= 0.6 is 0 Å². The first kappa shape index (κ1) is 27.0. The van der Waals surface area contributed by atoms with Crippen LogP contribution in [0, 0.1) is 18.8 Å². The lowest BCUT2D eigenvalue weighted by molar-refractivity contribution is -0.136. The fraction of sp³-hybridized carbons (Fsp3) is 0.531. The normalized spacial score (nSPS) is 22.9. The van der Waals surface area contributed by atoms with Gasteiger partial charge in [-0.25, -0.2) is 0 Å². The van der Waals surface area contributed by atoms with E-state index in [1.165, 1.54) is 55.5 Å². The number of anilines is 1. The van der Waals surface area contributed by atoms with E-state index in [4.69, 9.17) is 4.74 Å². The Kier molecular flexibility index (Phi) is 7.89.